The average molecular weight is 403 g/mol. The van der Waals surface area contributed by atoms with Gasteiger partial charge >= 0.3 is 0 Å². The Hall–Kier alpha value is -0.880. The lowest BCUT2D eigenvalue weighted by Gasteiger charge is -2.09. The Balaban J connectivity index is 2.11. The Labute approximate surface area is 144 Å². The van der Waals surface area contributed by atoms with E-state index in [1.165, 1.54) is 4.88 Å². The van der Waals surface area contributed by atoms with Crippen LogP contribution in [0.15, 0.2) is 28.7 Å². The molecule has 3 rings (SSSR count). The summed E-state index contributed by atoms with van der Waals surface area (Å²) in [7, 11) is 0. The normalized spacial score (nSPS) is 11.0. The van der Waals surface area contributed by atoms with Crippen LogP contribution in [0, 0.1) is 0 Å². The molecule has 0 radical (unpaired) electrons. The molecule has 0 fully saturated rings. The predicted molar refractivity (Wildman–Crippen MR) is 94.2 cm³/mol. The third kappa shape index (κ3) is 3.16. The van der Waals surface area contributed by atoms with Crippen molar-refractivity contribution in [2.45, 2.75) is 13.3 Å². The molecule has 0 saturated carbocycles. The van der Waals surface area contributed by atoms with Gasteiger partial charge in [-0.1, -0.05) is 34.5 Å². The van der Waals surface area contributed by atoms with Crippen molar-refractivity contribution in [2.24, 2.45) is 0 Å². The largest absolute Gasteiger partial charge is 0.338 e. The van der Waals surface area contributed by atoms with Gasteiger partial charge in [-0.25, -0.2) is 4.98 Å². The van der Waals surface area contributed by atoms with E-state index in [0.717, 1.165) is 26.8 Å². The molecule has 0 unspecified atom stereocenters. The van der Waals surface area contributed by atoms with E-state index in [0.29, 0.717) is 10.8 Å². The third-order valence-corrected chi connectivity index (χ3v) is 5.11. The number of aryl methyl sites for hydroxylation is 1. The number of fused-ring (bicyclic) bond motifs is 1. The number of hydrogen-bond donors (Lipinski definition) is 1. The highest BCUT2D eigenvalue weighted by Gasteiger charge is 2.12. The van der Waals surface area contributed by atoms with Crippen LogP contribution in [-0.4, -0.2) is 9.97 Å². The first-order chi connectivity index (χ1) is 10.1. The molecule has 1 aromatic carbocycles. The number of halogens is 3. The Kier molecular flexibility index (Phi) is 4.36. The molecule has 0 amide bonds. The van der Waals surface area contributed by atoms with Gasteiger partial charge in [-0.3, -0.25) is 0 Å². The molecule has 0 bridgehead atoms. The van der Waals surface area contributed by atoms with Crippen LogP contribution in [0.1, 0.15) is 11.8 Å². The second-order valence-corrected chi connectivity index (χ2v) is 7.15. The lowest BCUT2D eigenvalue weighted by molar-refractivity contribution is 1.19. The minimum absolute atomic E-state index is 0.223. The van der Waals surface area contributed by atoms with Gasteiger partial charge in [0.05, 0.1) is 16.1 Å². The van der Waals surface area contributed by atoms with Crippen LogP contribution in [0.3, 0.4) is 0 Å². The molecule has 0 aliphatic carbocycles. The van der Waals surface area contributed by atoms with Gasteiger partial charge in [0.15, 0.2) is 0 Å². The highest BCUT2D eigenvalue weighted by molar-refractivity contribution is 9.10. The lowest BCUT2D eigenvalue weighted by Crippen LogP contribution is -1.96. The Morgan fingerprint density at radius 1 is 1.24 bits per heavy atom. The van der Waals surface area contributed by atoms with Crippen molar-refractivity contribution < 1.29 is 0 Å². The fourth-order valence-corrected chi connectivity index (χ4v) is 3.65. The van der Waals surface area contributed by atoms with Gasteiger partial charge in [0, 0.05) is 9.35 Å². The number of rotatable bonds is 3. The zero-order valence-corrected chi connectivity index (χ0v) is 14.9. The van der Waals surface area contributed by atoms with Crippen molar-refractivity contribution in [3.8, 4) is 0 Å². The van der Waals surface area contributed by atoms with E-state index in [4.69, 9.17) is 23.2 Å². The molecule has 2 heterocycles. The standard InChI is InChI=1S/C14H10BrCl2N3S/c1-2-8-6-9-12(19-14(17)20-13(9)21-8)18-11-5-7(15)3-4-10(11)16/h3-6H,2H2,1H3,(H,18,19,20). The zero-order chi connectivity index (χ0) is 15.0. The molecule has 21 heavy (non-hydrogen) atoms. The summed E-state index contributed by atoms with van der Waals surface area (Å²) in [6, 6.07) is 7.69. The molecule has 108 valence electrons. The van der Waals surface area contributed by atoms with Crippen LogP contribution >= 0.6 is 50.5 Å². The molecule has 0 aliphatic rings. The first kappa shape index (κ1) is 15.0. The van der Waals surface area contributed by atoms with E-state index in [1.54, 1.807) is 11.3 Å². The average Bonchev–Trinajstić information content (AvgIpc) is 2.86. The Bertz CT molecular complexity index is 819. The number of anilines is 2. The molecule has 0 aliphatic heterocycles. The molecule has 0 spiro atoms. The first-order valence-corrected chi connectivity index (χ1v) is 8.61. The van der Waals surface area contributed by atoms with E-state index < -0.39 is 0 Å². The maximum absolute atomic E-state index is 6.21. The number of thiophene rings is 1. The number of nitrogens with one attached hydrogen (secondary N) is 1. The van der Waals surface area contributed by atoms with Gasteiger partial charge in [0.2, 0.25) is 5.28 Å². The molecule has 0 saturated heterocycles. The van der Waals surface area contributed by atoms with Gasteiger partial charge in [0.25, 0.3) is 0 Å². The maximum Gasteiger partial charge on any atom is 0.225 e. The molecule has 0 atom stereocenters. The SMILES string of the molecule is CCc1cc2c(Nc3cc(Br)ccc3Cl)nc(Cl)nc2s1. The topological polar surface area (TPSA) is 37.8 Å². The van der Waals surface area contributed by atoms with Crippen molar-refractivity contribution >= 4 is 72.2 Å². The molecular weight excluding hydrogens is 393 g/mol. The minimum atomic E-state index is 0.223. The van der Waals surface area contributed by atoms with Gasteiger partial charge in [-0.05, 0) is 42.3 Å². The first-order valence-electron chi connectivity index (χ1n) is 6.25. The summed E-state index contributed by atoms with van der Waals surface area (Å²) in [5.41, 5.74) is 0.770. The van der Waals surface area contributed by atoms with E-state index in [-0.39, 0.29) is 5.28 Å². The van der Waals surface area contributed by atoms with Gasteiger partial charge in [0.1, 0.15) is 10.6 Å². The minimum Gasteiger partial charge on any atom is -0.338 e. The van der Waals surface area contributed by atoms with Gasteiger partial charge in [-0.2, -0.15) is 4.98 Å². The molecular formula is C14H10BrCl2N3S. The van der Waals surface area contributed by atoms with E-state index in [1.807, 2.05) is 18.2 Å². The van der Waals surface area contributed by atoms with E-state index in [9.17, 15) is 0 Å². The van der Waals surface area contributed by atoms with Crippen LogP contribution in [0.4, 0.5) is 11.5 Å². The fourth-order valence-electron chi connectivity index (χ4n) is 1.94. The van der Waals surface area contributed by atoms with Crippen molar-refractivity contribution in [1.82, 2.24) is 9.97 Å². The number of nitrogens with zero attached hydrogens (tertiary/aromatic N) is 2. The summed E-state index contributed by atoms with van der Waals surface area (Å²) in [5.74, 6) is 0.668. The fraction of sp³-hybridized carbons (Fsp3) is 0.143. The smallest absolute Gasteiger partial charge is 0.225 e. The van der Waals surface area contributed by atoms with E-state index >= 15 is 0 Å². The van der Waals surface area contributed by atoms with Crippen molar-refractivity contribution in [3.05, 3.63) is 43.9 Å². The number of benzene rings is 1. The van der Waals surface area contributed by atoms with Gasteiger partial charge < -0.3 is 5.32 Å². The predicted octanol–water partition coefficient (Wildman–Crippen LogP) is 6.07. The number of hydrogen-bond acceptors (Lipinski definition) is 4. The van der Waals surface area contributed by atoms with Crippen LogP contribution in [0.25, 0.3) is 10.2 Å². The summed E-state index contributed by atoms with van der Waals surface area (Å²) in [6.07, 6.45) is 0.954. The summed E-state index contributed by atoms with van der Waals surface area (Å²) in [4.78, 5) is 10.7. The molecule has 2 aromatic heterocycles. The maximum atomic E-state index is 6.21. The van der Waals surface area contributed by atoms with E-state index in [2.05, 4.69) is 44.2 Å². The van der Waals surface area contributed by atoms with Gasteiger partial charge in [-0.15, -0.1) is 11.3 Å². The second kappa shape index (κ2) is 6.08. The summed E-state index contributed by atoms with van der Waals surface area (Å²) in [5, 5.41) is 5.04. The van der Waals surface area contributed by atoms with Crippen molar-refractivity contribution in [3.63, 3.8) is 0 Å². The molecule has 3 nitrogen and oxygen atoms in total. The quantitative estimate of drug-likeness (QED) is 0.540. The lowest BCUT2D eigenvalue weighted by atomic mass is 10.3. The molecule has 7 heteroatoms. The number of aromatic nitrogens is 2. The zero-order valence-electron chi connectivity index (χ0n) is 11.0. The van der Waals surface area contributed by atoms with Crippen molar-refractivity contribution in [1.29, 1.82) is 0 Å². The highest BCUT2D eigenvalue weighted by Crippen LogP contribution is 2.34. The Morgan fingerprint density at radius 3 is 2.81 bits per heavy atom. The van der Waals surface area contributed by atoms with Crippen LogP contribution in [0.5, 0.6) is 0 Å². The van der Waals surface area contributed by atoms with Crippen LogP contribution in [0.2, 0.25) is 10.3 Å². The summed E-state index contributed by atoms with van der Waals surface area (Å²) in [6.45, 7) is 2.11. The molecule has 3 aromatic rings. The summed E-state index contributed by atoms with van der Waals surface area (Å²) < 4.78 is 0.936. The molecule has 1 N–H and O–H groups in total. The highest BCUT2D eigenvalue weighted by atomic mass is 79.9. The summed E-state index contributed by atoms with van der Waals surface area (Å²) >= 11 is 17.3. The van der Waals surface area contributed by atoms with Crippen molar-refractivity contribution in [2.75, 3.05) is 5.32 Å². The monoisotopic (exact) mass is 401 g/mol. The third-order valence-electron chi connectivity index (χ3n) is 2.95. The van der Waals surface area contributed by atoms with Crippen LogP contribution in [-0.2, 0) is 6.42 Å². The second-order valence-electron chi connectivity index (χ2n) is 4.38. The Morgan fingerprint density at radius 2 is 2.05 bits per heavy atom. The van der Waals surface area contributed by atoms with Crippen LogP contribution < -0.4 is 5.32 Å².